The van der Waals surface area contributed by atoms with Gasteiger partial charge in [0.25, 0.3) is 0 Å². The second-order valence-corrected chi connectivity index (χ2v) is 9.11. The van der Waals surface area contributed by atoms with Gasteiger partial charge in [-0.05, 0) is 47.9 Å². The predicted molar refractivity (Wildman–Crippen MR) is 148 cm³/mol. The monoisotopic (exact) mass is 485 g/mol. The molecule has 6 nitrogen and oxygen atoms in total. The van der Waals surface area contributed by atoms with Crippen molar-refractivity contribution in [1.29, 1.82) is 0 Å². The summed E-state index contributed by atoms with van der Waals surface area (Å²) in [6.07, 6.45) is 4.43. The minimum Gasteiger partial charge on any atom is -0.490 e. The largest absolute Gasteiger partial charge is 0.490 e. The third-order valence-electron chi connectivity index (χ3n) is 6.44. The number of nitrogens with zero attached hydrogens (tertiary/aromatic N) is 2. The Morgan fingerprint density at radius 1 is 0.811 bits per heavy atom. The van der Waals surface area contributed by atoms with Crippen molar-refractivity contribution in [2.75, 3.05) is 6.61 Å². The molecule has 3 aromatic carbocycles. The fourth-order valence-corrected chi connectivity index (χ4v) is 4.61. The first-order valence-corrected chi connectivity index (χ1v) is 12.3. The Labute approximate surface area is 215 Å². The molecule has 0 unspecified atom stereocenters. The maximum atomic E-state index is 6.38. The van der Waals surface area contributed by atoms with Crippen LogP contribution in [0.5, 0.6) is 5.75 Å². The summed E-state index contributed by atoms with van der Waals surface area (Å²) >= 11 is 0. The Balaban J connectivity index is 1.35. The van der Waals surface area contributed by atoms with Crippen LogP contribution in [0.15, 0.2) is 109 Å². The van der Waals surface area contributed by atoms with Crippen molar-refractivity contribution in [2.24, 2.45) is 5.73 Å². The van der Waals surface area contributed by atoms with E-state index in [1.165, 1.54) is 5.56 Å². The fraction of sp³-hybridized carbons (Fsp3) is 0.0968. The molecule has 3 heterocycles. The molecule has 0 aliphatic heterocycles. The molecule has 0 aliphatic rings. The van der Waals surface area contributed by atoms with Crippen LogP contribution >= 0.6 is 0 Å². The lowest BCUT2D eigenvalue weighted by molar-refractivity contribution is 0.287. The van der Waals surface area contributed by atoms with Crippen LogP contribution in [0.2, 0.25) is 0 Å². The first-order chi connectivity index (χ1) is 18.2. The van der Waals surface area contributed by atoms with Crippen LogP contribution in [-0.4, -0.2) is 32.8 Å². The molecule has 6 heteroatoms. The van der Waals surface area contributed by atoms with E-state index in [-0.39, 0.29) is 6.04 Å². The van der Waals surface area contributed by atoms with Crippen LogP contribution in [0.25, 0.3) is 44.7 Å². The van der Waals surface area contributed by atoms with E-state index in [9.17, 15) is 0 Å². The molecular formula is C31H27N5O. The standard InChI is InChI=1S/C31H27N5O/c32-24(16-21-8-3-1-4-9-21)20-37-25-18-26(30(34-19-25)22-10-5-2-6-11-22)23-13-14-28-27(17-23)31(36-35-28)29-12-7-15-33-29/h1-15,17-19,24,33H,16,20,32H2,(H,35,36)/t24-/m0/s1. The van der Waals surface area contributed by atoms with Gasteiger partial charge in [0, 0.05) is 28.8 Å². The number of aromatic nitrogens is 4. The lowest BCUT2D eigenvalue weighted by Gasteiger charge is -2.16. The van der Waals surface area contributed by atoms with E-state index in [2.05, 4.69) is 63.7 Å². The summed E-state index contributed by atoms with van der Waals surface area (Å²) in [6.45, 7) is 0.401. The minimum absolute atomic E-state index is 0.120. The molecule has 182 valence electrons. The Bertz CT molecular complexity index is 1610. The highest BCUT2D eigenvalue weighted by atomic mass is 16.5. The molecule has 0 amide bonds. The number of ether oxygens (including phenoxy) is 1. The van der Waals surface area contributed by atoms with Crippen LogP contribution < -0.4 is 10.5 Å². The maximum absolute atomic E-state index is 6.38. The van der Waals surface area contributed by atoms with Crippen molar-refractivity contribution in [2.45, 2.75) is 12.5 Å². The van der Waals surface area contributed by atoms with Crippen LogP contribution in [0.3, 0.4) is 0 Å². The van der Waals surface area contributed by atoms with E-state index in [0.717, 1.165) is 51.1 Å². The number of hydrogen-bond acceptors (Lipinski definition) is 4. The lowest BCUT2D eigenvalue weighted by atomic mass is 9.97. The number of benzene rings is 3. The molecule has 0 bridgehead atoms. The van der Waals surface area contributed by atoms with E-state index in [4.69, 9.17) is 15.5 Å². The second kappa shape index (κ2) is 10.1. The van der Waals surface area contributed by atoms with E-state index in [0.29, 0.717) is 12.4 Å². The van der Waals surface area contributed by atoms with E-state index >= 15 is 0 Å². The summed E-state index contributed by atoms with van der Waals surface area (Å²) in [7, 11) is 0. The Morgan fingerprint density at radius 3 is 2.41 bits per heavy atom. The van der Waals surface area contributed by atoms with E-state index in [1.54, 1.807) is 6.20 Å². The third kappa shape index (κ3) is 4.87. The number of nitrogens with one attached hydrogen (secondary N) is 2. The normalized spacial score (nSPS) is 12.0. The molecule has 3 aromatic heterocycles. The van der Waals surface area contributed by atoms with Crippen molar-refractivity contribution < 1.29 is 4.74 Å². The number of fused-ring (bicyclic) bond motifs is 1. The topological polar surface area (TPSA) is 92.6 Å². The predicted octanol–water partition coefficient (Wildman–Crippen LogP) is 6.24. The van der Waals surface area contributed by atoms with Gasteiger partial charge in [0.15, 0.2) is 0 Å². The zero-order chi connectivity index (χ0) is 25.0. The molecule has 0 radical (unpaired) electrons. The van der Waals surface area contributed by atoms with E-state index in [1.807, 2.05) is 54.7 Å². The number of rotatable bonds is 8. The second-order valence-electron chi connectivity index (χ2n) is 9.11. The molecule has 37 heavy (non-hydrogen) atoms. The Morgan fingerprint density at radius 2 is 1.62 bits per heavy atom. The van der Waals surface area contributed by atoms with Gasteiger partial charge in [0.1, 0.15) is 18.1 Å². The third-order valence-corrected chi connectivity index (χ3v) is 6.44. The first kappa shape index (κ1) is 22.8. The number of pyridine rings is 1. The van der Waals surface area contributed by atoms with Crippen molar-refractivity contribution in [3.05, 3.63) is 115 Å². The van der Waals surface area contributed by atoms with Crippen molar-refractivity contribution in [3.63, 3.8) is 0 Å². The smallest absolute Gasteiger partial charge is 0.138 e. The zero-order valence-electron chi connectivity index (χ0n) is 20.3. The van der Waals surface area contributed by atoms with Gasteiger partial charge >= 0.3 is 0 Å². The number of hydrogen-bond donors (Lipinski definition) is 3. The highest BCUT2D eigenvalue weighted by Crippen LogP contribution is 2.36. The molecule has 0 saturated heterocycles. The number of aromatic amines is 2. The lowest BCUT2D eigenvalue weighted by Crippen LogP contribution is -2.30. The fourth-order valence-electron chi connectivity index (χ4n) is 4.61. The van der Waals surface area contributed by atoms with Crippen molar-refractivity contribution in [1.82, 2.24) is 20.2 Å². The highest BCUT2D eigenvalue weighted by molar-refractivity contribution is 5.96. The van der Waals surface area contributed by atoms with Gasteiger partial charge in [0.2, 0.25) is 0 Å². The minimum atomic E-state index is -0.120. The Kier molecular flexibility index (Phi) is 6.23. The number of nitrogens with two attached hydrogens (primary N) is 1. The molecule has 0 fully saturated rings. The summed E-state index contributed by atoms with van der Waals surface area (Å²) in [5, 5.41) is 8.72. The molecule has 0 aliphatic carbocycles. The SMILES string of the molecule is N[C@H](COc1cnc(-c2ccccc2)c(-c2ccc3[nH]nc(-c4ccc[nH]4)c3c2)c1)Cc1ccccc1. The summed E-state index contributed by atoms with van der Waals surface area (Å²) in [6, 6.07) is 32.7. The van der Waals surface area contributed by atoms with Crippen LogP contribution in [0.4, 0.5) is 0 Å². The molecule has 1 atom stereocenters. The molecule has 0 spiro atoms. The average Bonchev–Trinajstić information content (AvgIpc) is 3.62. The van der Waals surface area contributed by atoms with Gasteiger partial charge in [-0.3, -0.25) is 10.1 Å². The maximum Gasteiger partial charge on any atom is 0.138 e. The molecule has 6 aromatic rings. The van der Waals surface area contributed by atoms with Gasteiger partial charge in [0.05, 0.1) is 23.1 Å². The zero-order valence-corrected chi connectivity index (χ0v) is 20.3. The van der Waals surface area contributed by atoms with Crippen LogP contribution in [0, 0.1) is 0 Å². The van der Waals surface area contributed by atoms with Crippen molar-refractivity contribution >= 4 is 10.9 Å². The van der Waals surface area contributed by atoms with Gasteiger partial charge in [-0.25, -0.2) is 0 Å². The van der Waals surface area contributed by atoms with Crippen molar-refractivity contribution in [3.8, 4) is 39.5 Å². The average molecular weight is 486 g/mol. The quantitative estimate of drug-likeness (QED) is 0.238. The van der Waals surface area contributed by atoms with Gasteiger partial charge in [-0.1, -0.05) is 66.7 Å². The summed E-state index contributed by atoms with van der Waals surface area (Å²) < 4.78 is 6.14. The van der Waals surface area contributed by atoms with Crippen LogP contribution in [-0.2, 0) is 6.42 Å². The molecule has 4 N–H and O–H groups in total. The van der Waals surface area contributed by atoms with Crippen LogP contribution in [0.1, 0.15) is 5.56 Å². The Hall–Kier alpha value is -4.68. The first-order valence-electron chi connectivity index (χ1n) is 12.3. The van der Waals surface area contributed by atoms with Gasteiger partial charge in [-0.15, -0.1) is 0 Å². The molecule has 0 saturated carbocycles. The number of H-pyrrole nitrogens is 2. The highest BCUT2D eigenvalue weighted by Gasteiger charge is 2.15. The summed E-state index contributed by atoms with van der Waals surface area (Å²) in [5.41, 5.74) is 14.4. The summed E-state index contributed by atoms with van der Waals surface area (Å²) in [5.74, 6) is 0.690. The van der Waals surface area contributed by atoms with Gasteiger partial charge in [-0.2, -0.15) is 5.10 Å². The summed E-state index contributed by atoms with van der Waals surface area (Å²) in [4.78, 5) is 8.09. The molecular weight excluding hydrogens is 458 g/mol. The van der Waals surface area contributed by atoms with E-state index < -0.39 is 0 Å². The van der Waals surface area contributed by atoms with Gasteiger partial charge < -0.3 is 15.5 Å². The molecule has 6 rings (SSSR count).